The van der Waals surface area contributed by atoms with Crippen LogP contribution in [0.4, 0.5) is 0 Å². The zero-order valence-electron chi connectivity index (χ0n) is 8.90. The predicted octanol–water partition coefficient (Wildman–Crippen LogP) is 6.54. The largest absolute Gasteiger partial charge is 0.248 e. The molecule has 0 unspecified atom stereocenters. The second-order valence-electron chi connectivity index (χ2n) is 3.69. The first kappa shape index (κ1) is 16.0. The molecular weight excluding hydrogens is 394 g/mol. The maximum atomic E-state index is 6.15. The van der Waals surface area contributed by atoms with Crippen molar-refractivity contribution in [3.63, 3.8) is 0 Å². The molecule has 0 radical (unpaired) electrons. The van der Waals surface area contributed by atoms with Gasteiger partial charge in [0.25, 0.3) is 0 Å². The summed E-state index contributed by atoms with van der Waals surface area (Å²) in [4.78, 5) is 4.24. The van der Waals surface area contributed by atoms with E-state index in [-0.39, 0.29) is 5.69 Å². The summed E-state index contributed by atoms with van der Waals surface area (Å²) >= 11 is 41.3. The molecule has 0 spiro atoms. The third-order valence-corrected chi connectivity index (χ3v) is 3.89. The molecule has 0 aliphatic rings. The van der Waals surface area contributed by atoms with E-state index in [0.717, 1.165) is 0 Å². The Bertz CT molecular complexity index is 627. The zero-order valence-corrected chi connectivity index (χ0v) is 14.2. The quantitative estimate of drug-likeness (QED) is 0.459. The van der Waals surface area contributed by atoms with Crippen LogP contribution in [0.15, 0.2) is 24.3 Å². The maximum Gasteiger partial charge on any atom is 0.232 e. The lowest BCUT2D eigenvalue weighted by Crippen LogP contribution is -2.07. The van der Waals surface area contributed by atoms with Crippen LogP contribution in [0.2, 0.25) is 5.02 Å². The average Bonchev–Trinajstić information content (AvgIpc) is 2.25. The summed E-state index contributed by atoms with van der Waals surface area (Å²) in [5.74, 6) is 0. The van der Waals surface area contributed by atoms with Crippen molar-refractivity contribution in [2.75, 3.05) is 0 Å². The molecule has 0 aliphatic carbocycles. The Labute approximate surface area is 144 Å². The van der Waals surface area contributed by atoms with Crippen molar-refractivity contribution in [1.29, 1.82) is 0 Å². The Morgan fingerprint density at radius 3 is 2.05 bits per heavy atom. The molecule has 0 bridgehead atoms. The van der Waals surface area contributed by atoms with E-state index in [1.165, 1.54) is 6.07 Å². The van der Waals surface area contributed by atoms with Gasteiger partial charge in [-0.05, 0) is 6.07 Å². The van der Waals surface area contributed by atoms with E-state index in [2.05, 4.69) is 4.98 Å². The molecular formula is C11H4Cl7N. The summed E-state index contributed by atoms with van der Waals surface area (Å²) in [6, 6.07) is 6.55. The molecule has 8 heteroatoms. The fourth-order valence-electron chi connectivity index (χ4n) is 1.58. The van der Waals surface area contributed by atoms with Gasteiger partial charge in [0.15, 0.2) is 0 Å². The summed E-state index contributed by atoms with van der Waals surface area (Å²) in [7, 11) is 0. The second-order valence-corrected chi connectivity index (χ2v) is 8.66. The Morgan fingerprint density at radius 2 is 1.53 bits per heavy atom. The number of benzene rings is 1. The van der Waals surface area contributed by atoms with Gasteiger partial charge in [0.1, 0.15) is 0 Å². The number of hydrogen-bond donors (Lipinski definition) is 0. The van der Waals surface area contributed by atoms with Crippen molar-refractivity contribution in [2.45, 2.75) is 7.59 Å². The standard InChI is InChI=1S/C11H4Cl7N/c12-7-4-8(11(16,17)18)19-9-5(7)2-1-3-6(9)10(13,14)15/h1-4H. The van der Waals surface area contributed by atoms with Gasteiger partial charge in [-0.15, -0.1) is 0 Å². The van der Waals surface area contributed by atoms with Crippen molar-refractivity contribution in [1.82, 2.24) is 4.98 Å². The van der Waals surface area contributed by atoms with Crippen LogP contribution in [0.3, 0.4) is 0 Å². The van der Waals surface area contributed by atoms with E-state index in [4.69, 9.17) is 81.2 Å². The normalized spacial score (nSPS) is 13.0. The van der Waals surface area contributed by atoms with Crippen LogP contribution in [0.25, 0.3) is 10.9 Å². The third kappa shape index (κ3) is 3.47. The van der Waals surface area contributed by atoms with Crippen molar-refractivity contribution in [3.8, 4) is 0 Å². The highest BCUT2D eigenvalue weighted by Crippen LogP contribution is 2.44. The summed E-state index contributed by atoms with van der Waals surface area (Å²) in [6.45, 7) is 0. The van der Waals surface area contributed by atoms with Crippen molar-refractivity contribution in [3.05, 3.63) is 40.5 Å². The molecule has 2 rings (SSSR count). The Morgan fingerprint density at radius 1 is 0.895 bits per heavy atom. The second kappa shape index (κ2) is 5.46. The number of rotatable bonds is 0. The Balaban J connectivity index is 2.84. The number of alkyl halides is 6. The average molecular weight is 398 g/mol. The van der Waals surface area contributed by atoms with Crippen LogP contribution in [0, 0.1) is 0 Å². The van der Waals surface area contributed by atoms with Gasteiger partial charge in [-0.3, -0.25) is 0 Å². The van der Waals surface area contributed by atoms with Crippen molar-refractivity contribution >= 4 is 92.1 Å². The van der Waals surface area contributed by atoms with Gasteiger partial charge >= 0.3 is 0 Å². The molecule has 102 valence electrons. The van der Waals surface area contributed by atoms with Gasteiger partial charge in [-0.2, -0.15) is 0 Å². The number of fused-ring (bicyclic) bond motifs is 1. The van der Waals surface area contributed by atoms with Gasteiger partial charge in [-0.25, -0.2) is 4.98 Å². The minimum atomic E-state index is -1.71. The molecule has 0 saturated carbocycles. The zero-order chi connectivity index (χ0) is 14.4. The lowest BCUT2D eigenvalue weighted by Gasteiger charge is -2.17. The predicted molar refractivity (Wildman–Crippen MR) is 85.2 cm³/mol. The first-order valence-electron chi connectivity index (χ1n) is 4.84. The molecule has 19 heavy (non-hydrogen) atoms. The first-order chi connectivity index (χ1) is 8.60. The van der Waals surface area contributed by atoms with E-state index < -0.39 is 7.59 Å². The molecule has 1 aromatic carbocycles. The van der Waals surface area contributed by atoms with Crippen molar-refractivity contribution in [2.24, 2.45) is 0 Å². The monoisotopic (exact) mass is 395 g/mol. The highest BCUT2D eigenvalue weighted by Gasteiger charge is 2.30. The molecule has 1 nitrogen and oxygen atoms in total. The molecule has 0 aliphatic heterocycles. The lowest BCUT2D eigenvalue weighted by atomic mass is 10.1. The van der Waals surface area contributed by atoms with E-state index in [0.29, 0.717) is 21.5 Å². The number of halogens is 7. The maximum absolute atomic E-state index is 6.15. The number of para-hydroxylation sites is 1. The molecule has 2 aromatic rings. The van der Waals surface area contributed by atoms with E-state index >= 15 is 0 Å². The smallest absolute Gasteiger partial charge is 0.232 e. The molecule has 0 saturated heterocycles. The number of aromatic nitrogens is 1. The van der Waals surface area contributed by atoms with Gasteiger partial charge in [0, 0.05) is 10.9 Å². The first-order valence-corrected chi connectivity index (χ1v) is 7.49. The molecule has 0 atom stereocenters. The topological polar surface area (TPSA) is 12.9 Å². The van der Waals surface area contributed by atoms with Gasteiger partial charge in [0.2, 0.25) is 7.59 Å². The van der Waals surface area contributed by atoms with Crippen LogP contribution >= 0.6 is 81.2 Å². The molecule has 1 heterocycles. The fraction of sp³-hybridized carbons (Fsp3) is 0.182. The van der Waals surface area contributed by atoms with Gasteiger partial charge < -0.3 is 0 Å². The minimum Gasteiger partial charge on any atom is -0.248 e. The molecule has 0 amide bonds. The fourth-order valence-corrected chi connectivity index (χ4v) is 2.58. The summed E-state index contributed by atoms with van der Waals surface area (Å²) < 4.78 is -3.36. The van der Waals surface area contributed by atoms with Crippen LogP contribution in [0.5, 0.6) is 0 Å². The summed E-state index contributed by atoms with van der Waals surface area (Å²) in [5.41, 5.74) is 0.918. The summed E-state index contributed by atoms with van der Waals surface area (Å²) in [5, 5.41) is 0.978. The third-order valence-electron chi connectivity index (χ3n) is 2.38. The lowest BCUT2D eigenvalue weighted by molar-refractivity contribution is 1.10. The van der Waals surface area contributed by atoms with E-state index in [1.54, 1.807) is 18.2 Å². The number of nitrogens with zero attached hydrogens (tertiary/aromatic N) is 1. The minimum absolute atomic E-state index is 0.164. The molecule has 0 N–H and O–H groups in total. The van der Waals surface area contributed by atoms with Gasteiger partial charge in [-0.1, -0.05) is 99.4 Å². The number of pyridine rings is 1. The van der Waals surface area contributed by atoms with Crippen LogP contribution in [-0.4, -0.2) is 4.98 Å². The van der Waals surface area contributed by atoms with Crippen molar-refractivity contribution < 1.29 is 0 Å². The van der Waals surface area contributed by atoms with Gasteiger partial charge in [0.05, 0.1) is 16.2 Å². The van der Waals surface area contributed by atoms with Crippen LogP contribution in [0.1, 0.15) is 11.3 Å². The highest BCUT2D eigenvalue weighted by atomic mass is 35.6. The Hall–Kier alpha value is 0.660. The van der Waals surface area contributed by atoms with Crippen LogP contribution < -0.4 is 0 Å². The Kier molecular flexibility index (Phi) is 4.61. The molecule has 0 fully saturated rings. The van der Waals surface area contributed by atoms with E-state index in [1.807, 2.05) is 0 Å². The van der Waals surface area contributed by atoms with E-state index in [9.17, 15) is 0 Å². The SMILES string of the molecule is Clc1cc(C(Cl)(Cl)Cl)nc2c(C(Cl)(Cl)Cl)cccc12. The highest BCUT2D eigenvalue weighted by molar-refractivity contribution is 6.67. The summed E-state index contributed by atoms with van der Waals surface area (Å²) in [6.07, 6.45) is 0. The number of hydrogen-bond acceptors (Lipinski definition) is 1. The van der Waals surface area contributed by atoms with Crippen LogP contribution in [-0.2, 0) is 7.59 Å². The molecule has 1 aromatic heterocycles.